The maximum absolute atomic E-state index is 10.3. The molecule has 2 N–H and O–H groups in total. The van der Waals surface area contributed by atoms with Gasteiger partial charge in [0.2, 0.25) is 0 Å². The molecule has 0 unspecified atom stereocenters. The molecule has 1 aliphatic heterocycles. The van der Waals surface area contributed by atoms with E-state index in [-0.39, 0.29) is 0 Å². The highest BCUT2D eigenvalue weighted by molar-refractivity contribution is 5.10. The molecule has 1 aliphatic rings. The van der Waals surface area contributed by atoms with Crippen molar-refractivity contribution < 1.29 is 5.11 Å². The molecule has 0 aliphatic carbocycles. The lowest BCUT2D eigenvalue weighted by molar-refractivity contribution is 0.00281. The maximum atomic E-state index is 10.3. The van der Waals surface area contributed by atoms with E-state index in [0.29, 0.717) is 0 Å². The molecular weight excluding hydrogens is 188 g/mol. The summed E-state index contributed by atoms with van der Waals surface area (Å²) < 4.78 is 0. The molecule has 1 aromatic rings. The van der Waals surface area contributed by atoms with E-state index in [1.807, 2.05) is 24.5 Å². The highest BCUT2D eigenvalue weighted by Crippen LogP contribution is 2.23. The van der Waals surface area contributed by atoms with Gasteiger partial charge in [0, 0.05) is 12.4 Å². The smallest absolute Gasteiger partial charge is 0.0675 e. The first kappa shape index (κ1) is 10.6. The average molecular weight is 206 g/mol. The SMILES string of the molecule is OC1(CCc2ccncc2)CCNCC1. The Balaban J connectivity index is 1.87. The zero-order chi connectivity index (χ0) is 10.6. The quantitative estimate of drug-likeness (QED) is 0.779. The van der Waals surface area contributed by atoms with Gasteiger partial charge in [0.15, 0.2) is 0 Å². The molecule has 0 amide bonds. The molecule has 82 valence electrons. The summed E-state index contributed by atoms with van der Waals surface area (Å²) in [4.78, 5) is 3.98. The fourth-order valence-electron chi connectivity index (χ4n) is 2.07. The van der Waals surface area contributed by atoms with Gasteiger partial charge in [-0.3, -0.25) is 4.98 Å². The van der Waals surface area contributed by atoms with Gasteiger partial charge in [-0.1, -0.05) is 0 Å². The number of pyridine rings is 1. The van der Waals surface area contributed by atoms with Crippen molar-refractivity contribution in [3.05, 3.63) is 30.1 Å². The Bertz CT molecular complexity index is 294. The van der Waals surface area contributed by atoms with Gasteiger partial charge in [0.25, 0.3) is 0 Å². The number of aromatic nitrogens is 1. The van der Waals surface area contributed by atoms with Crippen molar-refractivity contribution in [1.29, 1.82) is 0 Å². The van der Waals surface area contributed by atoms with E-state index in [4.69, 9.17) is 0 Å². The Labute approximate surface area is 90.5 Å². The summed E-state index contributed by atoms with van der Waals surface area (Å²) in [6.45, 7) is 1.87. The molecule has 2 heterocycles. The lowest BCUT2D eigenvalue weighted by Crippen LogP contribution is -2.42. The fourth-order valence-corrected chi connectivity index (χ4v) is 2.07. The Morgan fingerprint density at radius 2 is 1.93 bits per heavy atom. The second kappa shape index (κ2) is 4.73. The van der Waals surface area contributed by atoms with E-state index in [0.717, 1.165) is 38.8 Å². The van der Waals surface area contributed by atoms with Crippen LogP contribution >= 0.6 is 0 Å². The van der Waals surface area contributed by atoms with Crippen LogP contribution < -0.4 is 5.32 Å². The molecule has 1 saturated heterocycles. The van der Waals surface area contributed by atoms with Crippen LogP contribution in [0.5, 0.6) is 0 Å². The van der Waals surface area contributed by atoms with E-state index < -0.39 is 5.60 Å². The topological polar surface area (TPSA) is 45.2 Å². The first-order valence-corrected chi connectivity index (χ1v) is 5.61. The van der Waals surface area contributed by atoms with Gasteiger partial charge >= 0.3 is 0 Å². The van der Waals surface area contributed by atoms with Gasteiger partial charge in [-0.25, -0.2) is 0 Å². The summed E-state index contributed by atoms with van der Waals surface area (Å²) in [7, 11) is 0. The van der Waals surface area contributed by atoms with Crippen molar-refractivity contribution in [3.63, 3.8) is 0 Å². The lowest BCUT2D eigenvalue weighted by atomic mass is 9.87. The minimum atomic E-state index is -0.450. The molecule has 2 rings (SSSR count). The highest BCUT2D eigenvalue weighted by Gasteiger charge is 2.28. The molecule has 3 nitrogen and oxygen atoms in total. The van der Waals surface area contributed by atoms with Crippen molar-refractivity contribution >= 4 is 0 Å². The van der Waals surface area contributed by atoms with Crippen molar-refractivity contribution in [2.75, 3.05) is 13.1 Å². The molecule has 0 radical (unpaired) electrons. The molecule has 1 aromatic heterocycles. The molecular formula is C12H18N2O. The van der Waals surface area contributed by atoms with E-state index >= 15 is 0 Å². The first-order valence-electron chi connectivity index (χ1n) is 5.61. The number of nitrogens with zero attached hydrogens (tertiary/aromatic N) is 1. The van der Waals surface area contributed by atoms with Crippen LogP contribution in [0.4, 0.5) is 0 Å². The summed E-state index contributed by atoms with van der Waals surface area (Å²) >= 11 is 0. The molecule has 15 heavy (non-hydrogen) atoms. The van der Waals surface area contributed by atoms with Crippen LogP contribution in [0.3, 0.4) is 0 Å². The summed E-state index contributed by atoms with van der Waals surface area (Å²) in [6.07, 6.45) is 7.16. The van der Waals surface area contributed by atoms with Gasteiger partial charge in [0.05, 0.1) is 5.60 Å². The normalized spacial score (nSPS) is 20.1. The van der Waals surface area contributed by atoms with Crippen LogP contribution in [0.15, 0.2) is 24.5 Å². The number of aliphatic hydroxyl groups is 1. The molecule has 0 atom stereocenters. The third-order valence-electron chi connectivity index (χ3n) is 3.16. The lowest BCUT2D eigenvalue weighted by Gasteiger charge is -2.32. The maximum Gasteiger partial charge on any atom is 0.0675 e. The minimum Gasteiger partial charge on any atom is -0.390 e. The van der Waals surface area contributed by atoms with Gasteiger partial charge < -0.3 is 10.4 Å². The Morgan fingerprint density at radius 3 is 2.60 bits per heavy atom. The summed E-state index contributed by atoms with van der Waals surface area (Å²) in [5, 5.41) is 13.5. The van der Waals surface area contributed by atoms with Gasteiger partial charge in [0.1, 0.15) is 0 Å². The number of nitrogens with one attached hydrogen (secondary N) is 1. The van der Waals surface area contributed by atoms with E-state index in [1.54, 1.807) is 0 Å². The highest BCUT2D eigenvalue weighted by atomic mass is 16.3. The van der Waals surface area contributed by atoms with E-state index in [1.165, 1.54) is 5.56 Å². The molecule has 3 heteroatoms. The monoisotopic (exact) mass is 206 g/mol. The third-order valence-corrected chi connectivity index (χ3v) is 3.16. The predicted octanol–water partition coefficient (Wildman–Crippen LogP) is 1.13. The molecule has 0 bridgehead atoms. The van der Waals surface area contributed by atoms with Gasteiger partial charge in [-0.05, 0) is 56.5 Å². The summed E-state index contributed by atoms with van der Waals surface area (Å²) in [5.74, 6) is 0. The number of rotatable bonds is 3. The summed E-state index contributed by atoms with van der Waals surface area (Å²) in [5.41, 5.74) is 0.811. The molecule has 0 saturated carbocycles. The van der Waals surface area contributed by atoms with Crippen LogP contribution in [0.1, 0.15) is 24.8 Å². The van der Waals surface area contributed by atoms with Gasteiger partial charge in [-0.15, -0.1) is 0 Å². The van der Waals surface area contributed by atoms with Gasteiger partial charge in [-0.2, -0.15) is 0 Å². The molecule has 0 spiro atoms. The first-order chi connectivity index (χ1) is 7.29. The van der Waals surface area contributed by atoms with Crippen LogP contribution in [0, 0.1) is 0 Å². The number of aryl methyl sites for hydroxylation is 1. The van der Waals surface area contributed by atoms with Crippen LogP contribution in [0.25, 0.3) is 0 Å². The van der Waals surface area contributed by atoms with E-state index in [9.17, 15) is 5.11 Å². The minimum absolute atomic E-state index is 0.450. The van der Waals surface area contributed by atoms with Crippen LogP contribution in [0.2, 0.25) is 0 Å². The Kier molecular flexibility index (Phi) is 3.34. The number of hydrogen-bond acceptors (Lipinski definition) is 3. The predicted molar refractivity (Wildman–Crippen MR) is 59.6 cm³/mol. The summed E-state index contributed by atoms with van der Waals surface area (Å²) in [6, 6.07) is 4.04. The number of piperidine rings is 1. The Morgan fingerprint density at radius 1 is 1.27 bits per heavy atom. The Hall–Kier alpha value is -0.930. The molecule has 0 aromatic carbocycles. The van der Waals surface area contributed by atoms with Crippen molar-refractivity contribution in [2.24, 2.45) is 0 Å². The van der Waals surface area contributed by atoms with Crippen molar-refractivity contribution in [1.82, 2.24) is 10.3 Å². The zero-order valence-electron chi connectivity index (χ0n) is 8.95. The van der Waals surface area contributed by atoms with E-state index in [2.05, 4.69) is 10.3 Å². The zero-order valence-corrected chi connectivity index (χ0v) is 8.95. The second-order valence-electron chi connectivity index (χ2n) is 4.33. The molecule has 1 fully saturated rings. The number of hydrogen-bond donors (Lipinski definition) is 2. The average Bonchev–Trinajstić information content (AvgIpc) is 2.29. The van der Waals surface area contributed by atoms with Crippen molar-refractivity contribution in [3.8, 4) is 0 Å². The second-order valence-corrected chi connectivity index (χ2v) is 4.33. The fraction of sp³-hybridized carbons (Fsp3) is 0.583. The standard InChI is InChI=1S/C12H18N2O/c15-12(5-9-14-10-6-12)4-1-11-2-7-13-8-3-11/h2-3,7-8,14-15H,1,4-6,9-10H2. The largest absolute Gasteiger partial charge is 0.390 e. The van der Waals surface area contributed by atoms with Crippen LogP contribution in [-0.2, 0) is 6.42 Å². The van der Waals surface area contributed by atoms with Crippen molar-refractivity contribution in [2.45, 2.75) is 31.3 Å². The van der Waals surface area contributed by atoms with Crippen LogP contribution in [-0.4, -0.2) is 28.8 Å². The third kappa shape index (κ3) is 3.01.